The van der Waals surface area contributed by atoms with Gasteiger partial charge < -0.3 is 10.8 Å². The summed E-state index contributed by atoms with van der Waals surface area (Å²) in [7, 11) is -3.51. The predicted octanol–water partition coefficient (Wildman–Crippen LogP) is 2.76. The minimum absolute atomic E-state index is 0. The van der Waals surface area contributed by atoms with E-state index < -0.39 is 9.84 Å². The van der Waals surface area contributed by atoms with Gasteiger partial charge in [-0.2, -0.15) is 0 Å². The zero-order valence-electron chi connectivity index (χ0n) is 12.7. The summed E-state index contributed by atoms with van der Waals surface area (Å²) >= 11 is 0. The van der Waals surface area contributed by atoms with E-state index in [1.54, 1.807) is 48.8 Å². The molecule has 0 aliphatic heterocycles. The van der Waals surface area contributed by atoms with Crippen LogP contribution in [0.3, 0.4) is 0 Å². The fourth-order valence-corrected chi connectivity index (χ4v) is 3.93. The maximum atomic E-state index is 12.6. The summed E-state index contributed by atoms with van der Waals surface area (Å²) in [5, 5.41) is 11.4. The number of para-hydroxylation sites is 1. The third-order valence-electron chi connectivity index (χ3n) is 3.65. The van der Waals surface area contributed by atoms with Gasteiger partial charge in [-0.3, -0.25) is 4.98 Å². The number of rotatable bonds is 4. The van der Waals surface area contributed by atoms with Crippen LogP contribution in [0, 0.1) is 0 Å². The normalized spacial score (nSPS) is 11.2. The van der Waals surface area contributed by atoms with Gasteiger partial charge in [0.1, 0.15) is 5.75 Å². The molecule has 0 fully saturated rings. The standard InChI is InChI=1S/C17H16N2O3S.ClH/c18-6-8-23(21,22)17-10-12(14-3-1-2-4-16(14)20)9-13-11-19-7-5-15(13)17;/h1-5,7,9-11,20H,6,8,18H2;1H. The number of halogens is 1. The Hall–Kier alpha value is -2.15. The Morgan fingerprint density at radius 1 is 1.12 bits per heavy atom. The van der Waals surface area contributed by atoms with Gasteiger partial charge in [0.05, 0.1) is 10.6 Å². The van der Waals surface area contributed by atoms with Gasteiger partial charge in [0.2, 0.25) is 0 Å². The van der Waals surface area contributed by atoms with E-state index in [0.717, 1.165) is 0 Å². The minimum atomic E-state index is -3.51. The van der Waals surface area contributed by atoms with Gasteiger partial charge in [0, 0.05) is 35.3 Å². The maximum absolute atomic E-state index is 12.6. The van der Waals surface area contributed by atoms with Crippen molar-refractivity contribution in [1.82, 2.24) is 4.98 Å². The van der Waals surface area contributed by atoms with E-state index in [1.807, 2.05) is 6.07 Å². The van der Waals surface area contributed by atoms with Crippen LogP contribution in [0.4, 0.5) is 0 Å². The molecule has 3 rings (SSSR count). The molecule has 0 amide bonds. The molecule has 0 aliphatic carbocycles. The zero-order chi connectivity index (χ0) is 16.4. The molecular formula is C17H17ClN2O3S. The second kappa shape index (κ2) is 7.17. The highest BCUT2D eigenvalue weighted by Crippen LogP contribution is 2.34. The molecule has 126 valence electrons. The summed E-state index contributed by atoms with van der Waals surface area (Å²) < 4.78 is 25.1. The van der Waals surface area contributed by atoms with E-state index in [4.69, 9.17) is 5.73 Å². The van der Waals surface area contributed by atoms with E-state index in [0.29, 0.717) is 21.9 Å². The van der Waals surface area contributed by atoms with Gasteiger partial charge >= 0.3 is 0 Å². The van der Waals surface area contributed by atoms with Gasteiger partial charge in [0.25, 0.3) is 0 Å². The van der Waals surface area contributed by atoms with Crippen LogP contribution >= 0.6 is 12.4 Å². The summed E-state index contributed by atoms with van der Waals surface area (Å²) in [5.41, 5.74) is 6.63. The summed E-state index contributed by atoms with van der Waals surface area (Å²) in [6, 6.07) is 11.9. The van der Waals surface area contributed by atoms with Crippen LogP contribution in [0.2, 0.25) is 0 Å². The SMILES string of the molecule is Cl.NCCS(=O)(=O)c1cc(-c2ccccc2O)cc2cnccc12. The van der Waals surface area contributed by atoms with Crippen molar-refractivity contribution in [1.29, 1.82) is 0 Å². The van der Waals surface area contributed by atoms with Crippen molar-refractivity contribution in [2.24, 2.45) is 5.73 Å². The summed E-state index contributed by atoms with van der Waals surface area (Å²) in [6.07, 6.45) is 3.17. The first-order valence-electron chi connectivity index (χ1n) is 7.12. The Kier molecular flexibility index (Phi) is 5.43. The van der Waals surface area contributed by atoms with Crippen LogP contribution in [-0.4, -0.2) is 30.8 Å². The monoisotopic (exact) mass is 364 g/mol. The number of aromatic nitrogens is 1. The van der Waals surface area contributed by atoms with Gasteiger partial charge in [-0.1, -0.05) is 18.2 Å². The number of nitrogens with zero attached hydrogens (tertiary/aromatic N) is 1. The molecule has 0 saturated heterocycles. The number of phenols is 1. The van der Waals surface area contributed by atoms with E-state index in [2.05, 4.69) is 4.98 Å². The van der Waals surface area contributed by atoms with Crippen LogP contribution in [-0.2, 0) is 9.84 Å². The van der Waals surface area contributed by atoms with Crippen LogP contribution < -0.4 is 5.73 Å². The third kappa shape index (κ3) is 3.36. The summed E-state index contributed by atoms with van der Waals surface area (Å²) in [6.45, 7) is 0.0513. The molecular weight excluding hydrogens is 348 g/mol. The van der Waals surface area contributed by atoms with Crippen molar-refractivity contribution >= 4 is 33.0 Å². The molecule has 0 atom stereocenters. The molecule has 0 saturated carbocycles. The van der Waals surface area contributed by atoms with E-state index in [1.165, 1.54) is 0 Å². The molecule has 0 aliphatic rings. The number of nitrogens with two attached hydrogens (primary N) is 1. The van der Waals surface area contributed by atoms with Crippen LogP contribution in [0.5, 0.6) is 5.75 Å². The summed E-state index contributed by atoms with van der Waals surface area (Å²) in [5.74, 6) is -0.0350. The fourth-order valence-electron chi connectivity index (χ4n) is 2.57. The molecule has 2 aromatic carbocycles. The van der Waals surface area contributed by atoms with Crippen molar-refractivity contribution in [3.8, 4) is 16.9 Å². The number of phenolic OH excluding ortho intramolecular Hbond substituents is 1. The number of hydrogen-bond donors (Lipinski definition) is 2. The molecule has 0 bridgehead atoms. The van der Waals surface area contributed by atoms with Gasteiger partial charge in [-0.15, -0.1) is 12.4 Å². The van der Waals surface area contributed by atoms with E-state index >= 15 is 0 Å². The largest absolute Gasteiger partial charge is 0.507 e. The maximum Gasteiger partial charge on any atom is 0.180 e. The lowest BCUT2D eigenvalue weighted by Crippen LogP contribution is -2.16. The Balaban J connectivity index is 0.00000208. The molecule has 1 aromatic heterocycles. The van der Waals surface area contributed by atoms with Crippen molar-refractivity contribution in [3.63, 3.8) is 0 Å². The predicted molar refractivity (Wildman–Crippen MR) is 97.2 cm³/mol. The first-order chi connectivity index (χ1) is 11.0. The first kappa shape index (κ1) is 18.2. The van der Waals surface area contributed by atoms with E-state index in [9.17, 15) is 13.5 Å². The highest BCUT2D eigenvalue weighted by molar-refractivity contribution is 7.91. The highest BCUT2D eigenvalue weighted by Gasteiger charge is 2.19. The Morgan fingerprint density at radius 2 is 1.88 bits per heavy atom. The third-order valence-corrected chi connectivity index (χ3v) is 5.43. The van der Waals surface area contributed by atoms with Gasteiger partial charge in [0.15, 0.2) is 9.84 Å². The molecule has 7 heteroatoms. The molecule has 0 radical (unpaired) electrons. The average Bonchev–Trinajstić information content (AvgIpc) is 2.54. The lowest BCUT2D eigenvalue weighted by Gasteiger charge is -2.11. The molecule has 0 spiro atoms. The van der Waals surface area contributed by atoms with Gasteiger partial charge in [-0.05, 0) is 29.8 Å². The van der Waals surface area contributed by atoms with Crippen molar-refractivity contribution in [2.45, 2.75) is 4.90 Å². The second-order valence-corrected chi connectivity index (χ2v) is 7.27. The molecule has 0 unspecified atom stereocenters. The number of hydrogen-bond acceptors (Lipinski definition) is 5. The number of pyridine rings is 1. The average molecular weight is 365 g/mol. The Bertz CT molecular complexity index is 974. The van der Waals surface area contributed by atoms with Crippen molar-refractivity contribution < 1.29 is 13.5 Å². The van der Waals surface area contributed by atoms with Crippen molar-refractivity contribution in [3.05, 3.63) is 54.9 Å². The summed E-state index contributed by atoms with van der Waals surface area (Å²) in [4.78, 5) is 4.27. The lowest BCUT2D eigenvalue weighted by molar-refractivity contribution is 0.477. The quantitative estimate of drug-likeness (QED) is 0.742. The smallest absolute Gasteiger partial charge is 0.180 e. The van der Waals surface area contributed by atoms with Gasteiger partial charge in [-0.25, -0.2) is 8.42 Å². The highest BCUT2D eigenvalue weighted by atomic mass is 35.5. The van der Waals surface area contributed by atoms with Crippen molar-refractivity contribution in [2.75, 3.05) is 12.3 Å². The number of fused-ring (bicyclic) bond motifs is 1. The Labute approximate surface area is 146 Å². The minimum Gasteiger partial charge on any atom is -0.507 e. The topological polar surface area (TPSA) is 93.3 Å². The lowest BCUT2D eigenvalue weighted by atomic mass is 10.0. The second-order valence-electron chi connectivity index (χ2n) is 5.20. The number of benzene rings is 2. The number of aromatic hydroxyl groups is 1. The van der Waals surface area contributed by atoms with Crippen LogP contribution in [0.25, 0.3) is 21.9 Å². The fraction of sp³-hybridized carbons (Fsp3) is 0.118. The zero-order valence-corrected chi connectivity index (χ0v) is 14.3. The molecule has 3 N–H and O–H groups in total. The molecule has 5 nitrogen and oxygen atoms in total. The molecule has 1 heterocycles. The van der Waals surface area contributed by atoms with Crippen LogP contribution in [0.1, 0.15) is 0 Å². The van der Waals surface area contributed by atoms with E-state index in [-0.39, 0.29) is 35.3 Å². The molecule has 24 heavy (non-hydrogen) atoms. The Morgan fingerprint density at radius 3 is 2.58 bits per heavy atom. The first-order valence-corrected chi connectivity index (χ1v) is 8.77. The van der Waals surface area contributed by atoms with Crippen LogP contribution in [0.15, 0.2) is 59.8 Å². The molecule has 3 aromatic rings. The number of sulfone groups is 1.